The van der Waals surface area contributed by atoms with Gasteiger partial charge >= 0.3 is 6.18 Å². The molecule has 10 heteroatoms. The Balaban J connectivity index is 2.49. The maximum atomic E-state index is 11.9. The molecule has 116 valence electrons. The second-order valence-electron chi connectivity index (χ2n) is 4.16. The van der Waals surface area contributed by atoms with E-state index in [0.29, 0.717) is 13.1 Å². The summed E-state index contributed by atoms with van der Waals surface area (Å²) >= 11 is 0. The third kappa shape index (κ3) is 5.88. The molecule has 1 aromatic rings. The van der Waals surface area contributed by atoms with E-state index < -0.39 is 22.6 Å². The van der Waals surface area contributed by atoms with Crippen LogP contribution in [0.3, 0.4) is 0 Å². The zero-order chi connectivity index (χ0) is 15.2. The van der Waals surface area contributed by atoms with Crippen molar-refractivity contribution in [1.82, 2.24) is 19.8 Å². The lowest BCUT2D eigenvalue weighted by Crippen LogP contribution is -2.25. The quantitative estimate of drug-likeness (QED) is 0.694. The number of nitrogens with zero attached hydrogens (tertiary/aromatic N) is 2. The van der Waals surface area contributed by atoms with Crippen LogP contribution in [0.1, 0.15) is 12.8 Å². The highest BCUT2D eigenvalue weighted by atomic mass is 32.2. The second-order valence-corrected chi connectivity index (χ2v) is 5.93. The summed E-state index contributed by atoms with van der Waals surface area (Å²) in [4.78, 5) is -0.0550. The Morgan fingerprint density at radius 2 is 2.05 bits per heavy atom. The average molecular weight is 314 g/mol. The van der Waals surface area contributed by atoms with E-state index in [-0.39, 0.29) is 17.9 Å². The molecule has 0 aromatic carbocycles. The lowest BCUT2D eigenvalue weighted by atomic mass is 10.3. The molecule has 0 spiro atoms. The first-order valence-electron chi connectivity index (χ1n) is 5.98. The van der Waals surface area contributed by atoms with Gasteiger partial charge in [0, 0.05) is 25.7 Å². The van der Waals surface area contributed by atoms with Crippen molar-refractivity contribution in [2.24, 2.45) is 0 Å². The van der Waals surface area contributed by atoms with E-state index in [4.69, 9.17) is 0 Å². The van der Waals surface area contributed by atoms with Crippen LogP contribution in [0.4, 0.5) is 13.2 Å². The molecule has 0 atom stereocenters. The SMILES string of the molecule is CNCCn1cc(S(=O)(=O)NCCCC(F)(F)F)cn1. The molecule has 1 rings (SSSR count). The Labute approximate surface area is 115 Å². The van der Waals surface area contributed by atoms with Gasteiger partial charge in [0.2, 0.25) is 10.0 Å². The molecule has 1 aromatic heterocycles. The van der Waals surface area contributed by atoms with Crippen molar-refractivity contribution in [3.8, 4) is 0 Å². The Kier molecular flexibility index (Phi) is 5.96. The van der Waals surface area contributed by atoms with Crippen LogP contribution in [0.25, 0.3) is 0 Å². The van der Waals surface area contributed by atoms with Crippen molar-refractivity contribution in [1.29, 1.82) is 0 Å². The highest BCUT2D eigenvalue weighted by molar-refractivity contribution is 7.89. The third-order valence-corrected chi connectivity index (χ3v) is 3.86. The highest BCUT2D eigenvalue weighted by Crippen LogP contribution is 2.20. The number of halogens is 3. The monoisotopic (exact) mass is 314 g/mol. The molecule has 1 heterocycles. The smallest absolute Gasteiger partial charge is 0.318 e. The molecular weight excluding hydrogens is 297 g/mol. The first-order chi connectivity index (χ1) is 9.24. The summed E-state index contributed by atoms with van der Waals surface area (Å²) < 4.78 is 62.9. The number of sulfonamides is 1. The highest BCUT2D eigenvalue weighted by Gasteiger charge is 2.26. The minimum absolute atomic E-state index is 0.0550. The van der Waals surface area contributed by atoms with Gasteiger partial charge in [-0.2, -0.15) is 18.3 Å². The van der Waals surface area contributed by atoms with E-state index in [1.807, 2.05) is 0 Å². The van der Waals surface area contributed by atoms with Gasteiger partial charge in [0.05, 0.1) is 12.7 Å². The fourth-order valence-electron chi connectivity index (χ4n) is 1.41. The predicted octanol–water partition coefficient (Wildman–Crippen LogP) is 0.723. The summed E-state index contributed by atoms with van der Waals surface area (Å²) in [5, 5.41) is 6.75. The predicted molar refractivity (Wildman–Crippen MR) is 66.6 cm³/mol. The van der Waals surface area contributed by atoms with Gasteiger partial charge in [-0.15, -0.1) is 0 Å². The van der Waals surface area contributed by atoms with Gasteiger partial charge in [0.1, 0.15) is 4.90 Å². The summed E-state index contributed by atoms with van der Waals surface area (Å²) in [7, 11) is -2.05. The maximum absolute atomic E-state index is 11.9. The van der Waals surface area contributed by atoms with Gasteiger partial charge in [0.15, 0.2) is 0 Å². The van der Waals surface area contributed by atoms with Crippen LogP contribution in [0.15, 0.2) is 17.3 Å². The average Bonchev–Trinajstić information content (AvgIpc) is 2.80. The zero-order valence-electron chi connectivity index (χ0n) is 10.9. The molecule has 0 bridgehead atoms. The molecule has 0 unspecified atom stereocenters. The fraction of sp³-hybridized carbons (Fsp3) is 0.700. The lowest BCUT2D eigenvalue weighted by molar-refractivity contribution is -0.135. The van der Waals surface area contributed by atoms with Crippen LogP contribution in [-0.2, 0) is 16.6 Å². The van der Waals surface area contributed by atoms with E-state index in [0.717, 1.165) is 0 Å². The van der Waals surface area contributed by atoms with E-state index >= 15 is 0 Å². The van der Waals surface area contributed by atoms with Gasteiger partial charge in [0.25, 0.3) is 0 Å². The summed E-state index contributed by atoms with van der Waals surface area (Å²) in [5.74, 6) is 0. The molecule has 6 nitrogen and oxygen atoms in total. The fourth-order valence-corrected chi connectivity index (χ4v) is 2.44. The van der Waals surface area contributed by atoms with Crippen molar-refractivity contribution in [3.63, 3.8) is 0 Å². The number of likely N-dealkylation sites (N-methyl/N-ethyl adjacent to an activating group) is 1. The molecule has 0 radical (unpaired) electrons. The molecule has 0 aliphatic heterocycles. The molecule has 2 N–H and O–H groups in total. The molecule has 0 aliphatic carbocycles. The lowest BCUT2D eigenvalue weighted by Gasteiger charge is -2.07. The van der Waals surface area contributed by atoms with Crippen LogP contribution in [-0.4, -0.2) is 44.5 Å². The van der Waals surface area contributed by atoms with E-state index in [2.05, 4.69) is 15.1 Å². The molecule has 0 saturated carbocycles. The van der Waals surface area contributed by atoms with Gasteiger partial charge in [-0.25, -0.2) is 13.1 Å². The minimum Gasteiger partial charge on any atom is -0.318 e. The first-order valence-corrected chi connectivity index (χ1v) is 7.46. The standard InChI is InChI=1S/C10H17F3N4O2S/c1-14-5-6-17-8-9(7-15-17)20(18,19)16-4-2-3-10(11,12)13/h7-8,14,16H,2-6H2,1H3. The largest absolute Gasteiger partial charge is 0.389 e. The summed E-state index contributed by atoms with van der Waals surface area (Å²) in [6, 6.07) is 0. The van der Waals surface area contributed by atoms with Crippen LogP contribution in [0.2, 0.25) is 0 Å². The van der Waals surface area contributed by atoms with Gasteiger partial charge < -0.3 is 5.32 Å². The Bertz CT molecular complexity index is 513. The molecule has 0 amide bonds. The third-order valence-electron chi connectivity index (χ3n) is 2.44. The summed E-state index contributed by atoms with van der Waals surface area (Å²) in [6.07, 6.45) is -3.08. The Morgan fingerprint density at radius 1 is 1.35 bits per heavy atom. The zero-order valence-corrected chi connectivity index (χ0v) is 11.8. The van der Waals surface area contributed by atoms with Crippen LogP contribution >= 0.6 is 0 Å². The number of rotatable bonds is 8. The van der Waals surface area contributed by atoms with Crippen LogP contribution in [0.5, 0.6) is 0 Å². The van der Waals surface area contributed by atoms with Crippen molar-refractivity contribution in [3.05, 3.63) is 12.4 Å². The first kappa shape index (κ1) is 16.9. The van der Waals surface area contributed by atoms with E-state index in [1.54, 1.807) is 7.05 Å². The van der Waals surface area contributed by atoms with E-state index in [9.17, 15) is 21.6 Å². The molecule has 0 saturated heterocycles. The minimum atomic E-state index is -4.27. The van der Waals surface area contributed by atoms with Crippen molar-refractivity contribution < 1.29 is 21.6 Å². The number of nitrogens with one attached hydrogen (secondary N) is 2. The van der Waals surface area contributed by atoms with E-state index in [1.165, 1.54) is 17.1 Å². The summed E-state index contributed by atoms with van der Waals surface area (Å²) in [5.41, 5.74) is 0. The number of aromatic nitrogens is 2. The van der Waals surface area contributed by atoms with Crippen LogP contribution < -0.4 is 10.0 Å². The van der Waals surface area contributed by atoms with Crippen molar-refractivity contribution in [2.45, 2.75) is 30.5 Å². The topological polar surface area (TPSA) is 76.0 Å². The van der Waals surface area contributed by atoms with Gasteiger partial charge in [-0.05, 0) is 13.5 Å². The van der Waals surface area contributed by atoms with Crippen molar-refractivity contribution in [2.75, 3.05) is 20.1 Å². The van der Waals surface area contributed by atoms with Gasteiger partial charge in [-0.1, -0.05) is 0 Å². The Hall–Kier alpha value is -1.13. The summed E-state index contributed by atoms with van der Waals surface area (Å²) in [6.45, 7) is 0.865. The normalized spacial score (nSPS) is 12.8. The van der Waals surface area contributed by atoms with Crippen LogP contribution in [0, 0.1) is 0 Å². The molecule has 0 fully saturated rings. The molecular formula is C10H17F3N4O2S. The second kappa shape index (κ2) is 7.04. The molecule has 0 aliphatic rings. The Morgan fingerprint density at radius 3 is 2.65 bits per heavy atom. The maximum Gasteiger partial charge on any atom is 0.389 e. The van der Waals surface area contributed by atoms with Crippen molar-refractivity contribution >= 4 is 10.0 Å². The number of alkyl halides is 3. The number of hydrogen-bond acceptors (Lipinski definition) is 4. The van der Waals surface area contributed by atoms with Gasteiger partial charge in [-0.3, -0.25) is 4.68 Å². The molecule has 20 heavy (non-hydrogen) atoms. The number of hydrogen-bond donors (Lipinski definition) is 2.